The Morgan fingerprint density at radius 3 is 2.60 bits per heavy atom. The van der Waals surface area contributed by atoms with Gasteiger partial charge in [-0.05, 0) is 37.1 Å². The van der Waals surface area contributed by atoms with E-state index >= 15 is 0 Å². The molecule has 5 heteroatoms. The van der Waals surface area contributed by atoms with Crippen LogP contribution >= 0.6 is 11.3 Å². The number of aryl methyl sites for hydroxylation is 2. The monoisotopic (exact) mass is 352 g/mol. The van der Waals surface area contributed by atoms with Gasteiger partial charge in [0.25, 0.3) is 5.91 Å². The lowest BCUT2D eigenvalue weighted by atomic mass is 10.0. The van der Waals surface area contributed by atoms with Crippen LogP contribution in [0.2, 0.25) is 0 Å². The van der Waals surface area contributed by atoms with Gasteiger partial charge >= 0.3 is 0 Å². The van der Waals surface area contributed by atoms with Crippen LogP contribution in [0.4, 0.5) is 5.13 Å². The number of nitrogens with one attached hydrogen (secondary N) is 1. The largest absolute Gasteiger partial charge is 0.380 e. The molecular weight excluding hydrogens is 332 g/mol. The van der Waals surface area contributed by atoms with Crippen molar-refractivity contribution >= 4 is 22.4 Å². The maximum absolute atomic E-state index is 12.4. The van der Waals surface area contributed by atoms with E-state index in [1.54, 1.807) is 19.2 Å². The minimum Gasteiger partial charge on any atom is -0.380 e. The van der Waals surface area contributed by atoms with Crippen LogP contribution in [0.5, 0.6) is 0 Å². The van der Waals surface area contributed by atoms with Gasteiger partial charge in [-0.25, -0.2) is 4.98 Å². The normalized spacial score (nSPS) is 10.7. The van der Waals surface area contributed by atoms with Crippen LogP contribution in [0.25, 0.3) is 11.3 Å². The molecule has 0 radical (unpaired) electrons. The van der Waals surface area contributed by atoms with Gasteiger partial charge in [-0.3, -0.25) is 10.1 Å². The summed E-state index contributed by atoms with van der Waals surface area (Å²) in [6.07, 6.45) is 0. The first-order valence-corrected chi connectivity index (χ1v) is 8.87. The second kappa shape index (κ2) is 7.59. The van der Waals surface area contributed by atoms with Crippen molar-refractivity contribution in [3.05, 3.63) is 70.1 Å². The number of anilines is 1. The molecule has 0 aliphatic carbocycles. The van der Waals surface area contributed by atoms with Crippen LogP contribution in [0, 0.1) is 13.8 Å². The van der Waals surface area contributed by atoms with Crippen LogP contribution in [0.3, 0.4) is 0 Å². The third kappa shape index (κ3) is 4.13. The number of nitrogens with zero attached hydrogens (tertiary/aromatic N) is 1. The number of ether oxygens (including phenoxy) is 1. The average molecular weight is 352 g/mol. The van der Waals surface area contributed by atoms with Crippen molar-refractivity contribution < 1.29 is 9.53 Å². The number of carbonyl (C=O) groups excluding carboxylic acids is 1. The van der Waals surface area contributed by atoms with Gasteiger partial charge in [0.05, 0.1) is 12.3 Å². The number of thiazole rings is 1. The van der Waals surface area contributed by atoms with Crippen molar-refractivity contribution in [2.24, 2.45) is 0 Å². The fraction of sp³-hybridized carbons (Fsp3) is 0.200. The molecule has 4 nitrogen and oxygen atoms in total. The summed E-state index contributed by atoms with van der Waals surface area (Å²) in [7, 11) is 1.65. The minimum absolute atomic E-state index is 0.162. The summed E-state index contributed by atoms with van der Waals surface area (Å²) in [5, 5.41) is 5.43. The molecular formula is C20H20N2O2S. The fourth-order valence-corrected chi connectivity index (χ4v) is 3.35. The van der Waals surface area contributed by atoms with Gasteiger partial charge in [-0.15, -0.1) is 11.3 Å². The average Bonchev–Trinajstić information content (AvgIpc) is 3.04. The zero-order valence-electron chi connectivity index (χ0n) is 14.5. The molecule has 0 unspecified atom stereocenters. The highest BCUT2D eigenvalue weighted by Gasteiger charge is 2.11. The molecule has 3 rings (SSSR count). The van der Waals surface area contributed by atoms with E-state index in [1.165, 1.54) is 22.5 Å². The van der Waals surface area contributed by atoms with E-state index in [0.717, 1.165) is 16.8 Å². The van der Waals surface area contributed by atoms with Gasteiger partial charge in [0, 0.05) is 23.6 Å². The zero-order valence-corrected chi connectivity index (χ0v) is 15.3. The van der Waals surface area contributed by atoms with E-state index in [9.17, 15) is 4.79 Å². The minimum atomic E-state index is -0.162. The Labute approximate surface area is 151 Å². The maximum atomic E-state index is 12.4. The molecule has 1 amide bonds. The summed E-state index contributed by atoms with van der Waals surface area (Å²) in [5.74, 6) is -0.162. The second-order valence-electron chi connectivity index (χ2n) is 5.94. The third-order valence-corrected chi connectivity index (χ3v) is 4.67. The molecule has 0 bridgehead atoms. The molecule has 25 heavy (non-hydrogen) atoms. The lowest BCUT2D eigenvalue weighted by Gasteiger charge is -2.05. The molecule has 0 spiro atoms. The van der Waals surface area contributed by atoms with Crippen LogP contribution < -0.4 is 5.32 Å². The van der Waals surface area contributed by atoms with E-state index in [-0.39, 0.29) is 5.91 Å². The van der Waals surface area contributed by atoms with Crippen LogP contribution in [-0.4, -0.2) is 18.0 Å². The molecule has 1 aromatic heterocycles. The Bertz CT molecular complexity index is 885. The molecule has 0 fully saturated rings. The summed E-state index contributed by atoms with van der Waals surface area (Å²) >= 11 is 1.43. The van der Waals surface area contributed by atoms with E-state index in [4.69, 9.17) is 4.74 Å². The molecule has 0 saturated heterocycles. The van der Waals surface area contributed by atoms with Gasteiger partial charge in [0.1, 0.15) is 0 Å². The van der Waals surface area contributed by atoms with E-state index in [0.29, 0.717) is 17.3 Å². The van der Waals surface area contributed by atoms with E-state index in [1.807, 2.05) is 17.5 Å². The molecule has 2 aromatic carbocycles. The molecule has 128 valence electrons. The lowest BCUT2D eigenvalue weighted by molar-refractivity contribution is 0.102. The molecule has 1 N–H and O–H groups in total. The topological polar surface area (TPSA) is 51.2 Å². The first-order valence-electron chi connectivity index (χ1n) is 7.99. The Kier molecular flexibility index (Phi) is 5.26. The maximum Gasteiger partial charge on any atom is 0.257 e. The first-order chi connectivity index (χ1) is 12.1. The van der Waals surface area contributed by atoms with Gasteiger partial charge in [-0.1, -0.05) is 35.9 Å². The number of hydrogen-bond acceptors (Lipinski definition) is 4. The summed E-state index contributed by atoms with van der Waals surface area (Å²) in [6.45, 7) is 4.68. The van der Waals surface area contributed by atoms with Crippen LogP contribution in [0.1, 0.15) is 27.0 Å². The molecule has 1 heterocycles. The Morgan fingerprint density at radius 1 is 1.16 bits per heavy atom. The molecule has 0 aliphatic rings. The van der Waals surface area contributed by atoms with Crippen molar-refractivity contribution in [1.82, 2.24) is 4.98 Å². The van der Waals surface area contributed by atoms with Gasteiger partial charge in [0.2, 0.25) is 0 Å². The smallest absolute Gasteiger partial charge is 0.257 e. The standard InChI is InChI=1S/C20H20N2O2S/c1-13-4-9-17(14(2)10-13)18-12-25-20(21-18)22-19(23)16-7-5-15(6-8-16)11-24-3/h4-10,12H,11H2,1-3H3,(H,21,22,23). The van der Waals surface area contributed by atoms with Gasteiger partial charge in [-0.2, -0.15) is 0 Å². The Hall–Kier alpha value is -2.50. The van der Waals surface area contributed by atoms with Crippen LogP contribution in [0.15, 0.2) is 47.8 Å². The summed E-state index contributed by atoms with van der Waals surface area (Å²) < 4.78 is 5.08. The second-order valence-corrected chi connectivity index (χ2v) is 6.80. The van der Waals surface area contributed by atoms with E-state index < -0.39 is 0 Å². The number of benzene rings is 2. The lowest BCUT2D eigenvalue weighted by Crippen LogP contribution is -2.11. The SMILES string of the molecule is COCc1ccc(C(=O)Nc2nc(-c3ccc(C)cc3C)cs2)cc1. The van der Waals surface area contributed by atoms with Gasteiger partial charge < -0.3 is 4.74 Å². The highest BCUT2D eigenvalue weighted by Crippen LogP contribution is 2.28. The molecule has 0 aliphatic heterocycles. The zero-order chi connectivity index (χ0) is 17.8. The number of aromatic nitrogens is 1. The van der Waals surface area contributed by atoms with Crippen molar-refractivity contribution in [2.45, 2.75) is 20.5 Å². The predicted molar refractivity (Wildman–Crippen MR) is 102 cm³/mol. The molecule has 0 saturated carbocycles. The summed E-state index contributed by atoms with van der Waals surface area (Å²) in [5.41, 5.74) is 6.01. The number of hydrogen-bond donors (Lipinski definition) is 1. The summed E-state index contributed by atoms with van der Waals surface area (Å²) in [6, 6.07) is 13.6. The van der Waals surface area contributed by atoms with Crippen molar-refractivity contribution in [1.29, 1.82) is 0 Å². The van der Waals surface area contributed by atoms with Crippen molar-refractivity contribution in [2.75, 3.05) is 12.4 Å². The summed E-state index contributed by atoms with van der Waals surface area (Å²) in [4.78, 5) is 16.9. The first kappa shape index (κ1) is 17.3. The number of amides is 1. The number of rotatable bonds is 5. The number of methoxy groups -OCH3 is 1. The highest BCUT2D eigenvalue weighted by molar-refractivity contribution is 7.14. The Morgan fingerprint density at radius 2 is 1.92 bits per heavy atom. The van der Waals surface area contributed by atoms with Crippen LogP contribution in [-0.2, 0) is 11.3 Å². The highest BCUT2D eigenvalue weighted by atomic mass is 32.1. The van der Waals surface area contributed by atoms with E-state index in [2.05, 4.69) is 42.3 Å². The quantitative estimate of drug-likeness (QED) is 0.716. The Balaban J connectivity index is 1.73. The number of carbonyl (C=O) groups is 1. The molecule has 3 aromatic rings. The molecule has 0 atom stereocenters. The fourth-order valence-electron chi connectivity index (χ4n) is 2.64. The van der Waals surface area contributed by atoms with Gasteiger partial charge in [0.15, 0.2) is 5.13 Å². The third-order valence-electron chi connectivity index (χ3n) is 3.91. The van der Waals surface area contributed by atoms with Crippen molar-refractivity contribution in [3.8, 4) is 11.3 Å². The predicted octanol–water partition coefficient (Wildman–Crippen LogP) is 4.83. The van der Waals surface area contributed by atoms with Crippen molar-refractivity contribution in [3.63, 3.8) is 0 Å².